The minimum absolute atomic E-state index is 0.0179. The first kappa shape index (κ1) is 19.9. The third-order valence-corrected chi connectivity index (χ3v) is 3.55. The van der Waals surface area contributed by atoms with Crippen LogP contribution in [0.25, 0.3) is 0 Å². The van der Waals surface area contributed by atoms with E-state index in [1.807, 2.05) is 0 Å². The van der Waals surface area contributed by atoms with Gasteiger partial charge in [0.05, 0.1) is 22.7 Å². The zero-order valence-electron chi connectivity index (χ0n) is 12.8. The van der Waals surface area contributed by atoms with Crippen molar-refractivity contribution in [3.63, 3.8) is 0 Å². The number of hydrogen-bond donors (Lipinski definition) is 2. The molecule has 2 aromatic carbocycles. The van der Waals surface area contributed by atoms with Crippen LogP contribution in [0, 0.1) is 0 Å². The van der Waals surface area contributed by atoms with Crippen molar-refractivity contribution in [3.8, 4) is 0 Å². The molecule has 0 heterocycles. The van der Waals surface area contributed by atoms with E-state index >= 15 is 0 Å². The fourth-order valence-electron chi connectivity index (χ4n) is 1.98. The summed E-state index contributed by atoms with van der Waals surface area (Å²) in [6, 6.07) is 6.82. The standard InChI is InChI=1S/C16H11ClF6N2O/c17-13-6-5-11(7-12(13)16(21,22)23)24-8-14(26)25-10-3-1-9(2-4-10)15(18,19)20/h1-7,24H,8H2,(H,25,26). The molecule has 26 heavy (non-hydrogen) atoms. The molecule has 0 saturated carbocycles. The topological polar surface area (TPSA) is 41.1 Å². The first-order chi connectivity index (χ1) is 12.0. The second kappa shape index (κ2) is 7.45. The molecule has 10 heteroatoms. The Morgan fingerprint density at radius 1 is 0.885 bits per heavy atom. The fraction of sp³-hybridized carbons (Fsp3) is 0.188. The molecule has 2 rings (SSSR count). The van der Waals surface area contributed by atoms with Gasteiger partial charge in [0.15, 0.2) is 0 Å². The number of benzene rings is 2. The third-order valence-electron chi connectivity index (χ3n) is 3.22. The van der Waals surface area contributed by atoms with Gasteiger partial charge in [-0.2, -0.15) is 26.3 Å². The Kier molecular flexibility index (Phi) is 5.70. The summed E-state index contributed by atoms with van der Waals surface area (Å²) in [6.07, 6.45) is -9.13. The van der Waals surface area contributed by atoms with Crippen molar-refractivity contribution in [1.29, 1.82) is 0 Å². The van der Waals surface area contributed by atoms with E-state index in [1.54, 1.807) is 0 Å². The number of alkyl halides is 6. The van der Waals surface area contributed by atoms with Crippen molar-refractivity contribution < 1.29 is 31.1 Å². The zero-order valence-corrected chi connectivity index (χ0v) is 13.6. The van der Waals surface area contributed by atoms with Gasteiger partial charge >= 0.3 is 12.4 Å². The summed E-state index contributed by atoms with van der Waals surface area (Å²) >= 11 is 5.49. The highest BCUT2D eigenvalue weighted by Gasteiger charge is 2.33. The summed E-state index contributed by atoms with van der Waals surface area (Å²) in [4.78, 5) is 11.8. The maximum absolute atomic E-state index is 12.8. The first-order valence-electron chi connectivity index (χ1n) is 7.04. The summed E-state index contributed by atoms with van der Waals surface area (Å²) in [5.74, 6) is -0.645. The van der Waals surface area contributed by atoms with Gasteiger partial charge in [0.2, 0.25) is 5.91 Å². The zero-order chi connectivity index (χ0) is 19.5. The molecule has 0 fully saturated rings. The van der Waals surface area contributed by atoms with Crippen molar-refractivity contribution >= 4 is 28.9 Å². The summed E-state index contributed by atoms with van der Waals surface area (Å²) in [6.45, 7) is -0.389. The summed E-state index contributed by atoms with van der Waals surface area (Å²) < 4.78 is 75.6. The molecule has 1 amide bonds. The number of nitrogens with one attached hydrogen (secondary N) is 2. The smallest absolute Gasteiger partial charge is 0.376 e. The number of hydrogen-bond acceptors (Lipinski definition) is 2. The van der Waals surface area contributed by atoms with Crippen molar-refractivity contribution in [3.05, 3.63) is 58.6 Å². The van der Waals surface area contributed by atoms with Crippen LogP contribution < -0.4 is 10.6 Å². The molecule has 0 spiro atoms. The van der Waals surface area contributed by atoms with Gasteiger partial charge in [-0.15, -0.1) is 0 Å². The fourth-order valence-corrected chi connectivity index (χ4v) is 2.21. The predicted molar refractivity (Wildman–Crippen MR) is 85.0 cm³/mol. The third kappa shape index (κ3) is 5.29. The van der Waals surface area contributed by atoms with Crippen LogP contribution >= 0.6 is 11.6 Å². The molecule has 2 N–H and O–H groups in total. The molecule has 3 nitrogen and oxygen atoms in total. The van der Waals surface area contributed by atoms with Crippen molar-refractivity contribution in [2.45, 2.75) is 12.4 Å². The first-order valence-corrected chi connectivity index (χ1v) is 7.42. The van der Waals surface area contributed by atoms with E-state index < -0.39 is 34.4 Å². The number of rotatable bonds is 4. The monoisotopic (exact) mass is 396 g/mol. The molecule has 0 bridgehead atoms. The molecule has 0 aromatic heterocycles. The predicted octanol–water partition coefficient (Wildman–Crippen LogP) is 5.43. The van der Waals surface area contributed by atoms with Crippen LogP contribution in [-0.4, -0.2) is 12.5 Å². The second-order valence-electron chi connectivity index (χ2n) is 5.17. The number of carbonyl (C=O) groups excluding carboxylic acids is 1. The van der Waals surface area contributed by atoms with Gasteiger partial charge in [-0.3, -0.25) is 4.79 Å². The Morgan fingerprint density at radius 2 is 1.46 bits per heavy atom. The molecule has 0 aliphatic carbocycles. The summed E-state index contributed by atoms with van der Waals surface area (Å²) in [7, 11) is 0. The Morgan fingerprint density at radius 3 is 2.00 bits per heavy atom. The SMILES string of the molecule is O=C(CNc1ccc(Cl)c(C(F)(F)F)c1)Nc1ccc(C(F)(F)F)cc1. The van der Waals surface area contributed by atoms with Crippen LogP contribution in [0.3, 0.4) is 0 Å². The Hall–Kier alpha value is -2.42. The number of carbonyl (C=O) groups is 1. The number of anilines is 2. The summed E-state index contributed by atoms with van der Waals surface area (Å²) in [5.41, 5.74) is -1.78. The highest BCUT2D eigenvalue weighted by atomic mass is 35.5. The van der Waals surface area contributed by atoms with Crippen molar-refractivity contribution in [2.24, 2.45) is 0 Å². The van der Waals surface area contributed by atoms with Crippen LogP contribution in [0.5, 0.6) is 0 Å². The maximum Gasteiger partial charge on any atom is 0.417 e. The summed E-state index contributed by atoms with van der Waals surface area (Å²) in [5, 5.41) is 4.34. The van der Waals surface area contributed by atoms with Crippen LogP contribution in [0.4, 0.5) is 37.7 Å². The molecule has 0 radical (unpaired) electrons. The molecule has 0 saturated heterocycles. The minimum atomic E-state index is -4.64. The van der Waals surface area contributed by atoms with E-state index in [4.69, 9.17) is 11.6 Å². The van der Waals surface area contributed by atoms with Crippen LogP contribution in [0.1, 0.15) is 11.1 Å². The van der Waals surface area contributed by atoms with Gasteiger partial charge in [0.25, 0.3) is 0 Å². The van der Waals surface area contributed by atoms with E-state index in [2.05, 4.69) is 10.6 Å². The second-order valence-corrected chi connectivity index (χ2v) is 5.58. The van der Waals surface area contributed by atoms with E-state index in [0.29, 0.717) is 0 Å². The molecular weight excluding hydrogens is 386 g/mol. The minimum Gasteiger partial charge on any atom is -0.376 e. The normalized spacial score (nSPS) is 12.0. The maximum atomic E-state index is 12.8. The quantitative estimate of drug-likeness (QED) is 0.677. The Bertz CT molecular complexity index is 787. The van der Waals surface area contributed by atoms with E-state index in [1.165, 1.54) is 6.07 Å². The molecule has 0 aliphatic heterocycles. The number of amides is 1. The van der Waals surface area contributed by atoms with E-state index in [9.17, 15) is 31.1 Å². The van der Waals surface area contributed by atoms with Crippen molar-refractivity contribution in [2.75, 3.05) is 17.2 Å². The Balaban J connectivity index is 1.97. The molecule has 0 atom stereocenters. The van der Waals surface area contributed by atoms with Crippen molar-refractivity contribution in [1.82, 2.24) is 0 Å². The Labute approximate surface area is 149 Å². The van der Waals surface area contributed by atoms with Crippen LogP contribution in [-0.2, 0) is 17.1 Å². The van der Waals surface area contributed by atoms with Gasteiger partial charge in [-0.1, -0.05) is 11.6 Å². The lowest BCUT2D eigenvalue weighted by molar-refractivity contribution is -0.138. The van der Waals surface area contributed by atoms with Gasteiger partial charge < -0.3 is 10.6 Å². The van der Waals surface area contributed by atoms with Gasteiger partial charge in [-0.25, -0.2) is 0 Å². The van der Waals surface area contributed by atoms with Gasteiger partial charge in [-0.05, 0) is 42.5 Å². The van der Waals surface area contributed by atoms with Gasteiger partial charge in [0, 0.05) is 11.4 Å². The largest absolute Gasteiger partial charge is 0.417 e. The van der Waals surface area contributed by atoms with E-state index in [0.717, 1.165) is 36.4 Å². The van der Waals surface area contributed by atoms with Gasteiger partial charge in [0.1, 0.15) is 0 Å². The molecule has 0 aliphatic rings. The molecular formula is C16H11ClF6N2O. The average Bonchev–Trinajstić information content (AvgIpc) is 2.52. The lowest BCUT2D eigenvalue weighted by Gasteiger charge is -2.13. The van der Waals surface area contributed by atoms with Crippen LogP contribution in [0.15, 0.2) is 42.5 Å². The average molecular weight is 397 g/mol. The molecule has 140 valence electrons. The van der Waals surface area contributed by atoms with E-state index in [-0.39, 0.29) is 17.9 Å². The highest BCUT2D eigenvalue weighted by molar-refractivity contribution is 6.31. The number of halogens is 7. The lowest BCUT2D eigenvalue weighted by atomic mass is 10.2. The lowest BCUT2D eigenvalue weighted by Crippen LogP contribution is -2.22. The molecule has 2 aromatic rings. The van der Waals surface area contributed by atoms with Crippen LogP contribution in [0.2, 0.25) is 5.02 Å². The highest BCUT2D eigenvalue weighted by Crippen LogP contribution is 2.36. The molecule has 0 unspecified atom stereocenters.